The van der Waals surface area contributed by atoms with E-state index in [9.17, 15) is 23.6 Å². The van der Waals surface area contributed by atoms with Gasteiger partial charge in [0.05, 0.1) is 29.8 Å². The highest BCUT2D eigenvalue weighted by Crippen LogP contribution is 2.42. The van der Waals surface area contributed by atoms with E-state index in [1.165, 1.54) is 19.2 Å². The molecule has 0 radical (unpaired) electrons. The average molecular weight is 778 g/mol. The molecule has 5 aromatic rings. The van der Waals surface area contributed by atoms with Gasteiger partial charge in [0, 0.05) is 68.6 Å². The van der Waals surface area contributed by atoms with Crippen LogP contribution in [0.25, 0.3) is 33.2 Å². The molecule has 57 heavy (non-hydrogen) atoms. The minimum absolute atomic E-state index is 0.0873. The molecule has 2 atom stereocenters. The van der Waals surface area contributed by atoms with Gasteiger partial charge in [-0.15, -0.1) is 0 Å². The second kappa shape index (κ2) is 17.3. The first-order valence-electron chi connectivity index (χ1n) is 18.4. The van der Waals surface area contributed by atoms with E-state index in [2.05, 4.69) is 11.4 Å². The van der Waals surface area contributed by atoms with Gasteiger partial charge in [-0.2, -0.15) is 5.26 Å². The molecule has 13 heteroatoms. The molecule has 1 fully saturated rings. The number of benzene rings is 4. The Labute approximate surface area is 330 Å². The smallest absolute Gasteiger partial charge is 0.407 e. The van der Waals surface area contributed by atoms with Crippen LogP contribution in [-0.2, 0) is 20.8 Å². The number of hydrogen-bond acceptors (Lipinski definition) is 9. The van der Waals surface area contributed by atoms with E-state index in [1.54, 1.807) is 58.2 Å². The first-order chi connectivity index (χ1) is 27.3. The Morgan fingerprint density at radius 2 is 1.72 bits per heavy atom. The lowest BCUT2D eigenvalue weighted by Crippen LogP contribution is -2.56. The summed E-state index contributed by atoms with van der Waals surface area (Å²) in [5.74, 6) is -1.48. The molecule has 0 saturated carbocycles. The molecule has 1 N–H and O–H groups in total. The van der Waals surface area contributed by atoms with Gasteiger partial charge >= 0.3 is 6.09 Å². The molecule has 0 unspecified atom stereocenters. The van der Waals surface area contributed by atoms with Gasteiger partial charge in [-0.1, -0.05) is 30.3 Å². The van der Waals surface area contributed by atoms with Gasteiger partial charge in [-0.25, -0.2) is 13.6 Å². The van der Waals surface area contributed by atoms with Crippen molar-refractivity contribution in [3.05, 3.63) is 108 Å². The summed E-state index contributed by atoms with van der Waals surface area (Å²) in [5.41, 5.74) is 3.61. The van der Waals surface area contributed by atoms with Crippen molar-refractivity contribution >= 4 is 28.6 Å². The number of carbonyl (C=O) groups is 2. The van der Waals surface area contributed by atoms with Crippen LogP contribution >= 0.6 is 0 Å². The number of aromatic nitrogens is 1. The summed E-state index contributed by atoms with van der Waals surface area (Å²) in [4.78, 5) is 36.0. The van der Waals surface area contributed by atoms with Gasteiger partial charge in [0.15, 0.2) is 6.79 Å². The summed E-state index contributed by atoms with van der Waals surface area (Å²) in [7, 11) is 4.78. The zero-order valence-electron chi connectivity index (χ0n) is 32.8. The van der Waals surface area contributed by atoms with Crippen molar-refractivity contribution < 1.29 is 37.3 Å². The summed E-state index contributed by atoms with van der Waals surface area (Å²) in [5, 5.41) is 13.5. The molecule has 1 aliphatic heterocycles. The van der Waals surface area contributed by atoms with Crippen LogP contribution in [-0.4, -0.2) is 74.7 Å². The SMILES string of the molecule is COCOc1c(C#N)cccc1-c1ccc2ncc(-c3cc(F)cc(F)c3)c(N3CC[C@@H](NC(=O)OC(C)(C)C)[C@H](C(=O)N(C)Cc4ccc(OC)cc4)C3)c2c1. The fourth-order valence-corrected chi connectivity index (χ4v) is 7.14. The summed E-state index contributed by atoms with van der Waals surface area (Å²) < 4.78 is 51.6. The zero-order valence-corrected chi connectivity index (χ0v) is 32.8. The number of alkyl carbamates (subject to hydrolysis) is 1. The number of nitriles is 1. The zero-order chi connectivity index (χ0) is 40.9. The minimum Gasteiger partial charge on any atom is -0.497 e. The van der Waals surface area contributed by atoms with Crippen molar-refractivity contribution in [2.45, 2.75) is 45.4 Å². The molecule has 0 bridgehead atoms. The average Bonchev–Trinajstić information content (AvgIpc) is 3.18. The van der Waals surface area contributed by atoms with Crippen LogP contribution in [0.15, 0.2) is 85.1 Å². The molecular weight excluding hydrogens is 733 g/mol. The highest BCUT2D eigenvalue weighted by atomic mass is 19.1. The molecule has 4 aromatic carbocycles. The Bertz CT molecular complexity index is 2290. The number of nitrogens with zero attached hydrogens (tertiary/aromatic N) is 4. The van der Waals surface area contributed by atoms with E-state index in [1.807, 2.05) is 53.4 Å². The van der Waals surface area contributed by atoms with E-state index in [-0.39, 0.29) is 24.8 Å². The number of piperidine rings is 1. The lowest BCUT2D eigenvalue weighted by Gasteiger charge is -2.41. The third-order valence-electron chi connectivity index (χ3n) is 9.68. The fourth-order valence-electron chi connectivity index (χ4n) is 7.14. The van der Waals surface area contributed by atoms with Crippen LogP contribution in [0, 0.1) is 28.9 Å². The molecule has 1 saturated heterocycles. The Morgan fingerprint density at radius 1 is 0.982 bits per heavy atom. The Morgan fingerprint density at radius 3 is 2.39 bits per heavy atom. The predicted octanol–water partition coefficient (Wildman–Crippen LogP) is 8.09. The lowest BCUT2D eigenvalue weighted by molar-refractivity contribution is -0.135. The van der Waals surface area contributed by atoms with Crippen LogP contribution in [0.3, 0.4) is 0 Å². The van der Waals surface area contributed by atoms with Gasteiger partial charge in [-0.05, 0) is 86.3 Å². The standard InChI is InChI=1S/C44H45F2N5O6/c1-44(2,3)57-43(53)49-39-16-17-51(25-37(39)42(52)50(4)24-27-10-13-33(55-6)14-11-27)40-35-20-28(34-9-7-8-29(22-47)41(34)56-26-54-5)12-15-38(35)48-23-36(40)30-18-31(45)21-32(46)19-30/h7-15,18-21,23,37,39H,16-17,24-26H2,1-6H3,(H,49,53)/t37-,39-/m1/s1. The summed E-state index contributed by atoms with van der Waals surface area (Å²) in [6, 6.07) is 23.1. The molecule has 1 aromatic heterocycles. The van der Waals surface area contributed by atoms with E-state index in [4.69, 9.17) is 23.9 Å². The van der Waals surface area contributed by atoms with Crippen molar-refractivity contribution in [3.63, 3.8) is 0 Å². The Kier molecular flexibility index (Phi) is 12.2. The molecule has 11 nitrogen and oxygen atoms in total. The van der Waals surface area contributed by atoms with E-state index >= 15 is 0 Å². The number of para-hydroxylation sites is 1. The van der Waals surface area contributed by atoms with E-state index < -0.39 is 35.3 Å². The largest absolute Gasteiger partial charge is 0.497 e. The molecule has 296 valence electrons. The number of fused-ring (bicyclic) bond motifs is 1. The molecule has 0 aliphatic carbocycles. The van der Waals surface area contributed by atoms with Crippen LogP contribution in [0.2, 0.25) is 0 Å². The number of carbonyl (C=O) groups excluding carboxylic acids is 2. The second-order valence-corrected chi connectivity index (χ2v) is 14.9. The predicted molar refractivity (Wildman–Crippen MR) is 213 cm³/mol. The molecule has 6 rings (SSSR count). The normalized spacial score (nSPS) is 15.5. The number of pyridine rings is 1. The molecular formula is C44H45F2N5O6. The number of nitrogens with one attached hydrogen (secondary N) is 1. The minimum atomic E-state index is -0.764. The van der Waals surface area contributed by atoms with Crippen LogP contribution in [0.1, 0.15) is 38.3 Å². The Hall–Kier alpha value is -6.26. The summed E-state index contributed by atoms with van der Waals surface area (Å²) in [6.07, 6.45) is 1.27. The number of methoxy groups -OCH3 is 2. The maximum absolute atomic E-state index is 14.8. The van der Waals surface area contributed by atoms with Gasteiger partial charge in [-0.3, -0.25) is 9.78 Å². The number of ether oxygens (including phenoxy) is 4. The first-order valence-corrected chi connectivity index (χ1v) is 18.4. The maximum atomic E-state index is 14.8. The number of hydrogen-bond donors (Lipinski definition) is 1. The van der Waals surface area contributed by atoms with Gasteiger partial charge < -0.3 is 34.1 Å². The molecule has 2 heterocycles. The van der Waals surface area contributed by atoms with Crippen molar-refractivity contribution in [1.29, 1.82) is 5.26 Å². The summed E-state index contributed by atoms with van der Waals surface area (Å²) in [6.45, 7) is 5.99. The highest BCUT2D eigenvalue weighted by molar-refractivity contribution is 6.02. The van der Waals surface area contributed by atoms with E-state index in [0.717, 1.165) is 11.6 Å². The fraction of sp³-hybridized carbons (Fsp3) is 0.318. The number of amides is 2. The van der Waals surface area contributed by atoms with Crippen molar-refractivity contribution in [2.75, 3.05) is 46.0 Å². The van der Waals surface area contributed by atoms with E-state index in [0.29, 0.717) is 69.9 Å². The summed E-state index contributed by atoms with van der Waals surface area (Å²) >= 11 is 0. The monoisotopic (exact) mass is 777 g/mol. The third-order valence-corrected chi connectivity index (χ3v) is 9.68. The van der Waals surface area contributed by atoms with Gasteiger partial charge in [0.2, 0.25) is 5.91 Å². The van der Waals surface area contributed by atoms with Crippen molar-refractivity contribution in [2.24, 2.45) is 5.92 Å². The Balaban J connectivity index is 1.47. The number of rotatable bonds is 11. The maximum Gasteiger partial charge on any atom is 0.407 e. The van der Waals surface area contributed by atoms with Crippen LogP contribution < -0.4 is 19.7 Å². The topological polar surface area (TPSA) is 126 Å². The van der Waals surface area contributed by atoms with Crippen LogP contribution in [0.4, 0.5) is 19.3 Å². The number of halogens is 2. The van der Waals surface area contributed by atoms with Crippen molar-refractivity contribution in [1.82, 2.24) is 15.2 Å². The van der Waals surface area contributed by atoms with Crippen LogP contribution in [0.5, 0.6) is 11.5 Å². The highest BCUT2D eigenvalue weighted by Gasteiger charge is 2.39. The lowest BCUT2D eigenvalue weighted by atomic mass is 9.88. The second-order valence-electron chi connectivity index (χ2n) is 14.9. The first kappa shape index (κ1) is 40.4. The quantitative estimate of drug-likeness (QED) is 0.133. The van der Waals surface area contributed by atoms with Crippen molar-refractivity contribution in [3.8, 4) is 39.8 Å². The molecule has 0 spiro atoms. The number of anilines is 1. The van der Waals surface area contributed by atoms with Gasteiger partial charge in [0.1, 0.15) is 34.8 Å². The third kappa shape index (κ3) is 9.41. The molecule has 2 amide bonds. The van der Waals surface area contributed by atoms with Gasteiger partial charge in [0.25, 0.3) is 0 Å². The molecule has 1 aliphatic rings.